The fourth-order valence-electron chi connectivity index (χ4n) is 3.74. The molecule has 1 aliphatic rings. The second-order valence-corrected chi connectivity index (χ2v) is 8.49. The highest BCUT2D eigenvalue weighted by Crippen LogP contribution is 2.40. The molecule has 0 aliphatic carbocycles. The number of hydrogen-bond acceptors (Lipinski definition) is 10. The monoisotopic (exact) mass is 499 g/mol. The molecule has 2 aromatic heterocycles. The zero-order valence-corrected chi connectivity index (χ0v) is 21.1. The Kier molecular flexibility index (Phi) is 7.32. The first-order chi connectivity index (χ1) is 17.2. The molecule has 36 heavy (non-hydrogen) atoms. The van der Waals surface area contributed by atoms with E-state index in [0.717, 1.165) is 16.7 Å². The molecule has 3 aromatic rings. The van der Waals surface area contributed by atoms with E-state index in [9.17, 15) is 4.79 Å². The first-order valence-electron chi connectivity index (χ1n) is 11.2. The van der Waals surface area contributed by atoms with Gasteiger partial charge >= 0.3 is 6.01 Å². The number of fused-ring (bicyclic) bond motifs is 1. The number of hydrogen-bond donors (Lipinski definition) is 1. The third-order valence-corrected chi connectivity index (χ3v) is 5.62. The van der Waals surface area contributed by atoms with Gasteiger partial charge < -0.3 is 38.2 Å². The minimum Gasteiger partial charge on any atom is -0.479 e. The summed E-state index contributed by atoms with van der Waals surface area (Å²) in [6.07, 6.45) is 0. The molecule has 0 radical (unpaired) electrons. The van der Waals surface area contributed by atoms with E-state index in [0.29, 0.717) is 19.0 Å². The Labute approximate surface area is 208 Å². The van der Waals surface area contributed by atoms with Gasteiger partial charge in [-0.1, -0.05) is 0 Å². The van der Waals surface area contributed by atoms with Crippen LogP contribution in [0.15, 0.2) is 28.7 Å². The van der Waals surface area contributed by atoms with Crippen LogP contribution in [0.4, 0.5) is 5.69 Å². The summed E-state index contributed by atoms with van der Waals surface area (Å²) < 4.78 is 38.4. The number of nitrogens with zero attached hydrogens (tertiary/aromatic N) is 2. The van der Waals surface area contributed by atoms with Gasteiger partial charge in [0, 0.05) is 13.2 Å². The van der Waals surface area contributed by atoms with Crippen molar-refractivity contribution in [2.75, 3.05) is 39.9 Å². The van der Waals surface area contributed by atoms with Crippen LogP contribution in [0.2, 0.25) is 0 Å². The van der Waals surface area contributed by atoms with E-state index < -0.39 is 11.5 Å². The molecule has 0 fully saturated rings. The van der Waals surface area contributed by atoms with Gasteiger partial charge in [0.15, 0.2) is 11.4 Å². The Morgan fingerprint density at radius 3 is 2.47 bits per heavy atom. The van der Waals surface area contributed by atoms with Crippen LogP contribution in [0.5, 0.6) is 29.5 Å². The third kappa shape index (κ3) is 5.21. The van der Waals surface area contributed by atoms with Gasteiger partial charge in [-0.2, -0.15) is 9.97 Å². The summed E-state index contributed by atoms with van der Waals surface area (Å²) in [5.74, 6) is 0.343. The van der Waals surface area contributed by atoms with Crippen LogP contribution in [0.25, 0.3) is 0 Å². The summed E-state index contributed by atoms with van der Waals surface area (Å²) in [7, 11) is 4.36. The number of rotatable bonds is 10. The fourth-order valence-corrected chi connectivity index (χ4v) is 3.74. The van der Waals surface area contributed by atoms with Gasteiger partial charge in [-0.15, -0.1) is 0 Å². The third-order valence-electron chi connectivity index (χ3n) is 5.62. The zero-order valence-electron chi connectivity index (χ0n) is 21.1. The van der Waals surface area contributed by atoms with Crippen molar-refractivity contribution in [3.63, 3.8) is 0 Å². The standard InChI is InChI=1S/C25H29N3O8/c1-14-11-15-13-34-25(2,3)16(15)12-18(14)36-19-8-7-17(35-19)21(29)26-20-22(31-5)27-24(28-23(20)32-6)33-10-9-30-4/h7-8,11-12H,9-10,13H2,1-6H3,(H,26,29). The molecule has 1 aromatic carbocycles. The van der Waals surface area contributed by atoms with E-state index in [-0.39, 0.29) is 41.8 Å². The number of amides is 1. The minimum atomic E-state index is -0.571. The fraction of sp³-hybridized carbons (Fsp3) is 0.400. The van der Waals surface area contributed by atoms with Crippen LogP contribution in [0, 0.1) is 6.92 Å². The molecule has 0 saturated carbocycles. The van der Waals surface area contributed by atoms with Crippen LogP contribution in [-0.4, -0.2) is 50.4 Å². The topological polar surface area (TPSA) is 123 Å². The van der Waals surface area contributed by atoms with Crippen molar-refractivity contribution in [2.45, 2.75) is 33.0 Å². The predicted octanol–water partition coefficient (Wildman–Crippen LogP) is 4.23. The number of carbonyl (C=O) groups excluding carboxylic acids is 1. The SMILES string of the molecule is COCCOc1nc(OC)c(NC(=O)c2ccc(Oc3cc4c(cc3C)COC4(C)C)o2)c(OC)n1. The predicted molar refractivity (Wildman–Crippen MR) is 128 cm³/mol. The highest BCUT2D eigenvalue weighted by atomic mass is 16.6. The maximum Gasteiger partial charge on any atom is 0.323 e. The number of anilines is 1. The quantitative estimate of drug-likeness (QED) is 0.405. The van der Waals surface area contributed by atoms with Crippen molar-refractivity contribution in [3.05, 3.63) is 46.7 Å². The van der Waals surface area contributed by atoms with Gasteiger partial charge in [-0.25, -0.2) is 0 Å². The van der Waals surface area contributed by atoms with Crippen LogP contribution in [0.1, 0.15) is 41.1 Å². The van der Waals surface area contributed by atoms with E-state index >= 15 is 0 Å². The maximum atomic E-state index is 12.9. The van der Waals surface area contributed by atoms with Crippen molar-refractivity contribution >= 4 is 11.6 Å². The molecule has 1 N–H and O–H groups in total. The van der Waals surface area contributed by atoms with Gasteiger partial charge in [0.1, 0.15) is 12.4 Å². The van der Waals surface area contributed by atoms with Crippen LogP contribution >= 0.6 is 0 Å². The van der Waals surface area contributed by atoms with Crippen molar-refractivity contribution in [1.29, 1.82) is 0 Å². The van der Waals surface area contributed by atoms with Crippen LogP contribution in [-0.2, 0) is 21.7 Å². The smallest absolute Gasteiger partial charge is 0.323 e. The number of nitrogens with one attached hydrogen (secondary N) is 1. The van der Waals surface area contributed by atoms with E-state index in [2.05, 4.69) is 15.3 Å². The number of benzene rings is 1. The first kappa shape index (κ1) is 25.3. The average molecular weight is 500 g/mol. The van der Waals surface area contributed by atoms with E-state index in [1.165, 1.54) is 20.3 Å². The minimum absolute atomic E-state index is 0.0111. The van der Waals surface area contributed by atoms with E-state index in [1.807, 2.05) is 32.9 Å². The number of aromatic nitrogens is 2. The van der Waals surface area contributed by atoms with Gasteiger partial charge in [-0.05, 0) is 55.7 Å². The Balaban J connectivity index is 1.51. The van der Waals surface area contributed by atoms with Crippen molar-refractivity contribution in [2.24, 2.45) is 0 Å². The molecule has 11 nitrogen and oxygen atoms in total. The van der Waals surface area contributed by atoms with Crippen LogP contribution < -0.4 is 24.3 Å². The lowest BCUT2D eigenvalue weighted by Crippen LogP contribution is -2.15. The van der Waals surface area contributed by atoms with E-state index in [4.69, 9.17) is 32.8 Å². The zero-order chi connectivity index (χ0) is 25.9. The van der Waals surface area contributed by atoms with Crippen molar-refractivity contribution in [3.8, 4) is 29.5 Å². The molecule has 0 saturated heterocycles. The number of furan rings is 1. The first-order valence-corrected chi connectivity index (χ1v) is 11.2. The largest absolute Gasteiger partial charge is 0.479 e. The van der Waals surface area contributed by atoms with Crippen LogP contribution in [0.3, 0.4) is 0 Å². The molecule has 0 spiro atoms. The summed E-state index contributed by atoms with van der Waals surface area (Å²) in [6.45, 7) is 7.11. The summed E-state index contributed by atoms with van der Waals surface area (Å²) in [5.41, 5.74) is 2.84. The molecule has 0 atom stereocenters. The lowest BCUT2D eigenvalue weighted by molar-refractivity contribution is -0.00795. The van der Waals surface area contributed by atoms with Crippen molar-refractivity contribution in [1.82, 2.24) is 9.97 Å². The lowest BCUT2D eigenvalue weighted by Gasteiger charge is -2.19. The molecule has 4 rings (SSSR count). The molecule has 3 heterocycles. The molecule has 0 bridgehead atoms. The Hall–Kier alpha value is -3.83. The molecular formula is C25H29N3O8. The number of methoxy groups -OCH3 is 3. The molecule has 11 heteroatoms. The highest BCUT2D eigenvalue weighted by molar-refractivity contribution is 6.03. The molecule has 1 amide bonds. The summed E-state index contributed by atoms with van der Waals surface area (Å²) in [6, 6.07) is 7.08. The Morgan fingerprint density at radius 1 is 1.08 bits per heavy atom. The number of ether oxygens (including phenoxy) is 6. The normalized spacial score (nSPS) is 13.7. The summed E-state index contributed by atoms with van der Waals surface area (Å²) >= 11 is 0. The lowest BCUT2D eigenvalue weighted by atomic mass is 9.94. The molecular weight excluding hydrogens is 470 g/mol. The Bertz CT molecular complexity index is 1230. The van der Waals surface area contributed by atoms with Gasteiger partial charge in [0.2, 0.25) is 11.8 Å². The second-order valence-electron chi connectivity index (χ2n) is 8.49. The summed E-state index contributed by atoms with van der Waals surface area (Å²) in [5, 5.41) is 2.67. The second kappa shape index (κ2) is 10.4. The molecule has 1 aliphatic heterocycles. The number of aryl methyl sites for hydroxylation is 1. The maximum absolute atomic E-state index is 12.9. The number of carbonyl (C=O) groups is 1. The van der Waals surface area contributed by atoms with E-state index in [1.54, 1.807) is 13.2 Å². The average Bonchev–Trinajstić information content (AvgIpc) is 3.44. The Morgan fingerprint density at radius 2 is 1.81 bits per heavy atom. The van der Waals surface area contributed by atoms with Gasteiger partial charge in [-0.3, -0.25) is 4.79 Å². The highest BCUT2D eigenvalue weighted by Gasteiger charge is 2.32. The summed E-state index contributed by atoms with van der Waals surface area (Å²) in [4.78, 5) is 21.2. The van der Waals surface area contributed by atoms with Crippen molar-refractivity contribution < 1.29 is 37.6 Å². The molecule has 0 unspecified atom stereocenters. The molecule has 192 valence electrons. The van der Waals surface area contributed by atoms with Gasteiger partial charge in [0.05, 0.1) is 33.0 Å². The van der Waals surface area contributed by atoms with Gasteiger partial charge in [0.25, 0.3) is 11.9 Å².